The van der Waals surface area contributed by atoms with Gasteiger partial charge in [0.1, 0.15) is 0 Å². The lowest BCUT2D eigenvalue weighted by atomic mass is 10.2. The lowest BCUT2D eigenvalue weighted by Gasteiger charge is -2.22. The molecule has 0 radical (unpaired) electrons. The van der Waals surface area contributed by atoms with Crippen molar-refractivity contribution in [2.24, 2.45) is 5.73 Å². The molecular formula is C9H18N2OS. The van der Waals surface area contributed by atoms with Gasteiger partial charge in [0.15, 0.2) is 0 Å². The Morgan fingerprint density at radius 2 is 1.85 bits per heavy atom. The van der Waals surface area contributed by atoms with Gasteiger partial charge in [-0.25, -0.2) is 0 Å². The van der Waals surface area contributed by atoms with Gasteiger partial charge in [-0.1, -0.05) is 12.8 Å². The Bertz CT molecular complexity index is 167. The van der Waals surface area contributed by atoms with E-state index in [9.17, 15) is 4.79 Å². The number of rotatable bonds is 2. The van der Waals surface area contributed by atoms with Crippen LogP contribution in [0.5, 0.6) is 0 Å². The predicted molar refractivity (Wildman–Crippen MR) is 56.9 cm³/mol. The molecule has 0 aromatic carbocycles. The highest BCUT2D eigenvalue weighted by atomic mass is 32.1. The van der Waals surface area contributed by atoms with Crippen LogP contribution in [0.1, 0.15) is 25.7 Å². The summed E-state index contributed by atoms with van der Waals surface area (Å²) in [4.78, 5) is 13.5. The maximum Gasteiger partial charge on any atom is 0.240 e. The molecule has 4 heteroatoms. The molecule has 1 heterocycles. The molecule has 1 aliphatic rings. The third-order valence-corrected chi connectivity index (χ3v) is 2.83. The molecule has 1 atom stereocenters. The van der Waals surface area contributed by atoms with Gasteiger partial charge >= 0.3 is 0 Å². The zero-order chi connectivity index (χ0) is 9.68. The molecule has 1 aliphatic heterocycles. The van der Waals surface area contributed by atoms with Crippen molar-refractivity contribution < 1.29 is 4.79 Å². The quantitative estimate of drug-likeness (QED) is 0.646. The average Bonchev–Trinajstić information content (AvgIpc) is 2.43. The topological polar surface area (TPSA) is 46.3 Å². The molecule has 3 nitrogen and oxygen atoms in total. The van der Waals surface area contributed by atoms with Gasteiger partial charge in [0.2, 0.25) is 5.91 Å². The minimum absolute atomic E-state index is 0.0666. The molecule has 1 rings (SSSR count). The summed E-state index contributed by atoms with van der Waals surface area (Å²) in [6, 6.07) is -0.415. The molecule has 13 heavy (non-hydrogen) atoms. The summed E-state index contributed by atoms with van der Waals surface area (Å²) in [5.74, 6) is 0.506. The second-order valence-corrected chi connectivity index (χ2v) is 3.89. The molecule has 0 aliphatic carbocycles. The predicted octanol–water partition coefficient (Wildman–Crippen LogP) is 0.646. The summed E-state index contributed by atoms with van der Waals surface area (Å²) >= 11 is 4.03. The lowest BCUT2D eigenvalue weighted by molar-refractivity contribution is -0.132. The molecule has 0 aromatic rings. The van der Waals surface area contributed by atoms with Crippen LogP contribution in [-0.2, 0) is 4.79 Å². The number of carbonyl (C=O) groups excluding carboxylic acids is 1. The summed E-state index contributed by atoms with van der Waals surface area (Å²) < 4.78 is 0. The van der Waals surface area contributed by atoms with Crippen LogP contribution in [0.3, 0.4) is 0 Å². The van der Waals surface area contributed by atoms with Gasteiger partial charge in [-0.3, -0.25) is 4.79 Å². The largest absolute Gasteiger partial charge is 0.341 e. The second kappa shape index (κ2) is 5.50. The first kappa shape index (κ1) is 10.9. The van der Waals surface area contributed by atoms with Gasteiger partial charge in [-0.2, -0.15) is 12.6 Å². The van der Waals surface area contributed by atoms with Crippen LogP contribution >= 0.6 is 12.6 Å². The smallest absolute Gasteiger partial charge is 0.240 e. The van der Waals surface area contributed by atoms with E-state index >= 15 is 0 Å². The Labute approximate surface area is 85.1 Å². The van der Waals surface area contributed by atoms with Crippen molar-refractivity contribution in [3.05, 3.63) is 0 Å². The normalized spacial score (nSPS) is 20.9. The van der Waals surface area contributed by atoms with Crippen LogP contribution in [-0.4, -0.2) is 35.7 Å². The number of nitrogens with zero attached hydrogens (tertiary/aromatic N) is 1. The molecule has 1 saturated heterocycles. The molecule has 1 amide bonds. The number of hydrogen-bond donors (Lipinski definition) is 2. The minimum Gasteiger partial charge on any atom is -0.341 e. The standard InChI is InChI=1S/C9H18N2OS/c10-8(7-13)9(12)11-5-3-1-2-4-6-11/h8,13H,1-7,10H2. The van der Waals surface area contributed by atoms with E-state index in [0.29, 0.717) is 5.75 Å². The Hall–Kier alpha value is -0.220. The number of thiol groups is 1. The van der Waals surface area contributed by atoms with Crippen LogP contribution < -0.4 is 5.73 Å². The highest BCUT2D eigenvalue weighted by Crippen LogP contribution is 2.10. The first-order chi connectivity index (χ1) is 6.25. The van der Waals surface area contributed by atoms with E-state index in [1.165, 1.54) is 12.8 Å². The van der Waals surface area contributed by atoms with E-state index in [1.807, 2.05) is 4.90 Å². The zero-order valence-electron chi connectivity index (χ0n) is 7.91. The fourth-order valence-electron chi connectivity index (χ4n) is 1.60. The van der Waals surface area contributed by atoms with Crippen molar-refractivity contribution in [1.29, 1.82) is 0 Å². The van der Waals surface area contributed by atoms with E-state index < -0.39 is 6.04 Å². The number of hydrogen-bond acceptors (Lipinski definition) is 3. The average molecular weight is 202 g/mol. The summed E-state index contributed by atoms with van der Waals surface area (Å²) in [6.07, 6.45) is 4.70. The lowest BCUT2D eigenvalue weighted by Crippen LogP contribution is -2.45. The fraction of sp³-hybridized carbons (Fsp3) is 0.889. The Balaban J connectivity index is 2.43. The Kier molecular flexibility index (Phi) is 4.59. The Morgan fingerprint density at radius 3 is 2.31 bits per heavy atom. The van der Waals surface area contributed by atoms with Gasteiger partial charge in [0, 0.05) is 18.8 Å². The highest BCUT2D eigenvalue weighted by molar-refractivity contribution is 7.80. The first-order valence-corrected chi connectivity index (χ1v) is 5.54. The van der Waals surface area contributed by atoms with Crippen LogP contribution in [0.25, 0.3) is 0 Å². The second-order valence-electron chi connectivity index (χ2n) is 3.53. The van der Waals surface area contributed by atoms with Crippen LogP contribution in [0.4, 0.5) is 0 Å². The monoisotopic (exact) mass is 202 g/mol. The van der Waals surface area contributed by atoms with E-state index in [2.05, 4.69) is 12.6 Å². The maximum atomic E-state index is 11.6. The van der Waals surface area contributed by atoms with Crippen molar-refractivity contribution in [2.45, 2.75) is 31.7 Å². The summed E-state index contributed by atoms with van der Waals surface area (Å²) in [7, 11) is 0. The fourth-order valence-corrected chi connectivity index (χ4v) is 1.76. The van der Waals surface area contributed by atoms with Crippen LogP contribution in [0.2, 0.25) is 0 Å². The van der Waals surface area contributed by atoms with E-state index in [4.69, 9.17) is 5.73 Å². The molecule has 0 spiro atoms. The first-order valence-electron chi connectivity index (χ1n) is 4.91. The molecular weight excluding hydrogens is 184 g/mol. The van der Waals surface area contributed by atoms with Gasteiger partial charge in [0.05, 0.1) is 6.04 Å². The summed E-state index contributed by atoms with van der Waals surface area (Å²) in [5, 5.41) is 0. The van der Waals surface area contributed by atoms with Crippen molar-refractivity contribution in [3.63, 3.8) is 0 Å². The Morgan fingerprint density at radius 1 is 1.31 bits per heavy atom. The molecule has 76 valence electrons. The van der Waals surface area contributed by atoms with Crippen molar-refractivity contribution >= 4 is 18.5 Å². The molecule has 0 saturated carbocycles. The molecule has 2 N–H and O–H groups in total. The summed E-state index contributed by atoms with van der Waals surface area (Å²) in [6.45, 7) is 1.75. The third-order valence-electron chi connectivity index (χ3n) is 2.43. The molecule has 0 aromatic heterocycles. The van der Waals surface area contributed by atoms with E-state index in [1.54, 1.807) is 0 Å². The van der Waals surface area contributed by atoms with Gasteiger partial charge in [-0.05, 0) is 12.8 Å². The van der Waals surface area contributed by atoms with Crippen molar-refractivity contribution in [2.75, 3.05) is 18.8 Å². The minimum atomic E-state index is -0.415. The molecule has 1 unspecified atom stereocenters. The third kappa shape index (κ3) is 3.19. The summed E-state index contributed by atoms with van der Waals surface area (Å²) in [5.41, 5.74) is 5.63. The number of amides is 1. The van der Waals surface area contributed by atoms with Crippen molar-refractivity contribution in [1.82, 2.24) is 4.90 Å². The number of nitrogens with two attached hydrogens (primary N) is 1. The van der Waals surface area contributed by atoms with Gasteiger partial charge < -0.3 is 10.6 Å². The number of likely N-dealkylation sites (tertiary alicyclic amines) is 1. The van der Waals surface area contributed by atoms with E-state index in [-0.39, 0.29) is 5.91 Å². The van der Waals surface area contributed by atoms with Gasteiger partial charge in [0.25, 0.3) is 0 Å². The molecule has 0 bridgehead atoms. The highest BCUT2D eigenvalue weighted by Gasteiger charge is 2.20. The maximum absolute atomic E-state index is 11.6. The zero-order valence-corrected chi connectivity index (χ0v) is 8.80. The van der Waals surface area contributed by atoms with Crippen LogP contribution in [0.15, 0.2) is 0 Å². The van der Waals surface area contributed by atoms with Crippen molar-refractivity contribution in [3.8, 4) is 0 Å². The van der Waals surface area contributed by atoms with E-state index in [0.717, 1.165) is 25.9 Å². The van der Waals surface area contributed by atoms with Crippen LogP contribution in [0, 0.1) is 0 Å². The number of carbonyl (C=O) groups is 1. The molecule has 1 fully saturated rings. The van der Waals surface area contributed by atoms with Gasteiger partial charge in [-0.15, -0.1) is 0 Å². The SMILES string of the molecule is NC(CS)C(=O)N1CCCCCC1.